The van der Waals surface area contributed by atoms with E-state index in [1.54, 1.807) is 24.3 Å². The molecular weight excluding hydrogens is 401 g/mol. The fourth-order valence-electron chi connectivity index (χ4n) is 2.62. The summed E-state index contributed by atoms with van der Waals surface area (Å²) in [6, 6.07) is 11.2. The van der Waals surface area contributed by atoms with Crippen molar-refractivity contribution in [3.63, 3.8) is 0 Å². The van der Waals surface area contributed by atoms with Gasteiger partial charge in [0.2, 0.25) is 0 Å². The minimum atomic E-state index is -3.72. The third-order valence-corrected chi connectivity index (χ3v) is 5.50. The lowest BCUT2D eigenvalue weighted by Crippen LogP contribution is -2.31. The first-order valence-corrected chi connectivity index (χ1v) is 10.1. The van der Waals surface area contributed by atoms with Crippen LogP contribution in [0.1, 0.15) is 18.1 Å². The van der Waals surface area contributed by atoms with Gasteiger partial charge in [-0.3, -0.25) is 14.5 Å². The third kappa shape index (κ3) is 4.77. The van der Waals surface area contributed by atoms with Crippen LogP contribution >= 0.6 is 0 Å². The summed E-state index contributed by atoms with van der Waals surface area (Å²) in [5, 5.41) is 2.45. The second-order valence-electron chi connectivity index (χ2n) is 6.23. The van der Waals surface area contributed by atoms with Gasteiger partial charge in [0.1, 0.15) is 17.7 Å². The molecule has 152 valence electrons. The molecule has 0 aliphatic carbocycles. The highest BCUT2D eigenvalue weighted by Gasteiger charge is 2.31. The fourth-order valence-corrected chi connectivity index (χ4v) is 3.86. The van der Waals surface area contributed by atoms with Gasteiger partial charge in [0.05, 0.1) is 4.90 Å². The van der Waals surface area contributed by atoms with E-state index in [1.807, 2.05) is 0 Å². The Morgan fingerprint density at radius 1 is 1.17 bits per heavy atom. The number of carbonyl (C=O) groups is 2. The molecule has 0 saturated carbocycles. The zero-order valence-electron chi connectivity index (χ0n) is 15.4. The molecule has 3 rings (SSSR count). The van der Waals surface area contributed by atoms with Crippen molar-refractivity contribution in [2.24, 2.45) is 4.99 Å². The molecule has 1 aliphatic rings. The number of esters is 1. The lowest BCUT2D eigenvalue weighted by atomic mass is 10.2. The number of fused-ring (bicyclic) bond motifs is 1. The summed E-state index contributed by atoms with van der Waals surface area (Å²) in [4.78, 5) is 28.0. The van der Waals surface area contributed by atoms with Gasteiger partial charge in [-0.25, -0.2) is 17.6 Å². The lowest BCUT2D eigenvalue weighted by Gasteiger charge is -2.10. The van der Waals surface area contributed by atoms with E-state index >= 15 is 0 Å². The number of hydrogen-bond acceptors (Lipinski definition) is 6. The van der Waals surface area contributed by atoms with E-state index in [4.69, 9.17) is 4.74 Å². The number of aliphatic imine (C=N–C) groups is 1. The number of halogens is 1. The van der Waals surface area contributed by atoms with Gasteiger partial charge < -0.3 is 10.1 Å². The number of sulfonamides is 1. The van der Waals surface area contributed by atoms with E-state index < -0.39 is 40.4 Å². The molecular formula is C19H18FN3O5S. The maximum absolute atomic E-state index is 13.5. The van der Waals surface area contributed by atoms with E-state index in [9.17, 15) is 22.4 Å². The molecule has 0 fully saturated rings. The summed E-state index contributed by atoms with van der Waals surface area (Å²) in [5.74, 6) is -1.82. The largest absolute Gasteiger partial charge is 0.454 e. The normalized spacial score (nSPS) is 16.6. The van der Waals surface area contributed by atoms with E-state index in [-0.39, 0.29) is 17.3 Å². The number of benzene rings is 2. The fraction of sp³-hybridized carbons (Fsp3) is 0.211. The zero-order chi connectivity index (χ0) is 21.0. The first-order valence-electron chi connectivity index (χ1n) is 8.64. The number of amidine groups is 1. The average Bonchev–Trinajstić information content (AvgIpc) is 2.95. The summed E-state index contributed by atoms with van der Waals surface area (Å²) < 4.78 is 44.8. The Balaban J connectivity index is 1.55. The van der Waals surface area contributed by atoms with Gasteiger partial charge in [-0.15, -0.1) is 0 Å². The summed E-state index contributed by atoms with van der Waals surface area (Å²) in [6.45, 7) is 0.812. The van der Waals surface area contributed by atoms with Crippen molar-refractivity contribution < 1.29 is 27.1 Å². The average molecular weight is 419 g/mol. The van der Waals surface area contributed by atoms with Crippen molar-refractivity contribution in [1.82, 2.24) is 10.0 Å². The summed E-state index contributed by atoms with van der Waals surface area (Å²) in [5.41, 5.74) is 0.661. The van der Waals surface area contributed by atoms with Gasteiger partial charge in [0, 0.05) is 17.7 Å². The van der Waals surface area contributed by atoms with Gasteiger partial charge in [0.15, 0.2) is 6.61 Å². The Labute approximate surface area is 166 Å². The first kappa shape index (κ1) is 20.5. The number of amides is 1. The number of nitrogens with zero attached hydrogens (tertiary/aromatic N) is 1. The van der Waals surface area contributed by atoms with Crippen molar-refractivity contribution in [3.8, 4) is 0 Å². The van der Waals surface area contributed by atoms with Crippen molar-refractivity contribution in [3.05, 3.63) is 65.5 Å². The minimum absolute atomic E-state index is 0.0362. The highest BCUT2D eigenvalue weighted by Crippen LogP contribution is 2.22. The number of nitrogens with one attached hydrogen (secondary N) is 2. The van der Waals surface area contributed by atoms with Crippen LogP contribution in [0.5, 0.6) is 0 Å². The standard InChI is InChI=1S/C19H18FN3O5S/c1-12(22-18-14-7-3-5-9-16(14)29(26,27)23-18)19(25)28-11-17(24)21-10-13-6-2-4-8-15(13)20/h2-9,12H,10-11H2,1H3,(H,21,24)(H,22,23)/t12-/m0/s1. The number of rotatable bonds is 6. The van der Waals surface area contributed by atoms with Crippen LogP contribution in [0.3, 0.4) is 0 Å². The van der Waals surface area contributed by atoms with Gasteiger partial charge in [-0.2, -0.15) is 0 Å². The monoisotopic (exact) mass is 419 g/mol. The molecule has 1 aliphatic heterocycles. The van der Waals surface area contributed by atoms with Crippen LogP contribution < -0.4 is 10.0 Å². The molecule has 0 aromatic heterocycles. The Hall–Kier alpha value is -3.27. The van der Waals surface area contributed by atoms with Crippen LogP contribution in [0.15, 0.2) is 58.4 Å². The Bertz CT molecular complexity index is 1080. The van der Waals surface area contributed by atoms with Crippen molar-refractivity contribution in [2.75, 3.05) is 6.61 Å². The minimum Gasteiger partial charge on any atom is -0.454 e. The Kier molecular flexibility index (Phi) is 5.92. The molecule has 2 aromatic rings. The predicted molar refractivity (Wildman–Crippen MR) is 102 cm³/mol. The SMILES string of the molecule is C[C@H](N=C1NS(=O)(=O)c2ccccc21)C(=O)OCC(=O)NCc1ccccc1F. The van der Waals surface area contributed by atoms with Crippen LogP contribution in [0, 0.1) is 5.82 Å². The van der Waals surface area contributed by atoms with Crippen LogP contribution in [0.2, 0.25) is 0 Å². The highest BCUT2D eigenvalue weighted by atomic mass is 32.2. The van der Waals surface area contributed by atoms with E-state index in [0.717, 1.165) is 0 Å². The van der Waals surface area contributed by atoms with E-state index in [2.05, 4.69) is 15.0 Å². The van der Waals surface area contributed by atoms with Gasteiger partial charge in [-0.05, 0) is 25.1 Å². The second kappa shape index (κ2) is 8.39. The van der Waals surface area contributed by atoms with Crippen LogP contribution in [0.4, 0.5) is 4.39 Å². The van der Waals surface area contributed by atoms with E-state index in [1.165, 1.54) is 31.2 Å². The first-order chi connectivity index (χ1) is 13.8. The van der Waals surface area contributed by atoms with E-state index in [0.29, 0.717) is 11.1 Å². The summed E-state index contributed by atoms with van der Waals surface area (Å²) >= 11 is 0. The molecule has 0 saturated heterocycles. The molecule has 29 heavy (non-hydrogen) atoms. The molecule has 0 bridgehead atoms. The highest BCUT2D eigenvalue weighted by molar-refractivity contribution is 7.90. The smallest absolute Gasteiger partial charge is 0.331 e. The summed E-state index contributed by atoms with van der Waals surface area (Å²) in [7, 11) is -3.72. The number of hydrogen-bond donors (Lipinski definition) is 2. The molecule has 1 amide bonds. The third-order valence-electron chi connectivity index (χ3n) is 4.11. The van der Waals surface area contributed by atoms with Gasteiger partial charge in [0.25, 0.3) is 15.9 Å². The Morgan fingerprint density at radius 2 is 1.86 bits per heavy atom. The maximum atomic E-state index is 13.5. The molecule has 8 nitrogen and oxygen atoms in total. The van der Waals surface area contributed by atoms with Crippen LogP contribution in [-0.4, -0.2) is 38.8 Å². The molecule has 2 N–H and O–H groups in total. The maximum Gasteiger partial charge on any atom is 0.331 e. The molecule has 0 unspecified atom stereocenters. The molecule has 0 spiro atoms. The van der Waals surface area contributed by atoms with Crippen molar-refractivity contribution in [1.29, 1.82) is 0 Å². The number of carbonyl (C=O) groups excluding carboxylic acids is 2. The predicted octanol–water partition coefficient (Wildman–Crippen LogP) is 1.11. The molecule has 2 aromatic carbocycles. The Morgan fingerprint density at radius 3 is 2.62 bits per heavy atom. The van der Waals surface area contributed by atoms with Crippen LogP contribution in [-0.2, 0) is 30.9 Å². The quantitative estimate of drug-likeness (QED) is 0.681. The van der Waals surface area contributed by atoms with Crippen LogP contribution in [0.25, 0.3) is 0 Å². The molecule has 10 heteroatoms. The van der Waals surface area contributed by atoms with Gasteiger partial charge in [-0.1, -0.05) is 30.3 Å². The molecule has 1 atom stereocenters. The topological polar surface area (TPSA) is 114 Å². The molecule has 0 radical (unpaired) electrons. The van der Waals surface area contributed by atoms with Crippen molar-refractivity contribution >= 4 is 27.7 Å². The number of ether oxygens (including phenoxy) is 1. The second-order valence-corrected chi connectivity index (χ2v) is 7.88. The lowest BCUT2D eigenvalue weighted by molar-refractivity contribution is -0.149. The van der Waals surface area contributed by atoms with Gasteiger partial charge >= 0.3 is 5.97 Å². The summed E-state index contributed by atoms with van der Waals surface area (Å²) in [6.07, 6.45) is 0. The van der Waals surface area contributed by atoms with Crippen molar-refractivity contribution in [2.45, 2.75) is 24.4 Å². The zero-order valence-corrected chi connectivity index (χ0v) is 16.2. The molecule has 1 heterocycles.